The van der Waals surface area contributed by atoms with Gasteiger partial charge in [-0.15, -0.1) is 12.8 Å². The molecular weight excluding hydrogens is 805 g/mol. The van der Waals surface area contributed by atoms with Gasteiger partial charge in [0.15, 0.2) is 0 Å². The summed E-state index contributed by atoms with van der Waals surface area (Å²) in [6.45, 7) is 19.4. The van der Waals surface area contributed by atoms with Gasteiger partial charge in [-0.2, -0.15) is 0 Å². The second-order valence-corrected chi connectivity index (χ2v) is 16.5. The topological polar surface area (TPSA) is 113 Å². The number of nitrogens with zero attached hydrogens (tertiary/aromatic N) is 5. The lowest BCUT2D eigenvalue weighted by Gasteiger charge is -2.34. The first-order chi connectivity index (χ1) is 31.6. The molecule has 7 rings (SSSR count). The lowest BCUT2D eigenvalue weighted by atomic mass is 9.95. The number of rotatable bonds is 17. The Morgan fingerprint density at radius 2 is 1.37 bits per heavy atom. The number of H-pyrrole nitrogens is 2. The molecule has 65 heavy (non-hydrogen) atoms. The molecule has 0 aliphatic heterocycles. The first-order valence-electron chi connectivity index (χ1n) is 23.4. The Kier molecular flexibility index (Phi) is 18.9. The van der Waals surface area contributed by atoms with E-state index in [0.717, 1.165) is 114 Å². The predicted octanol–water partition coefficient (Wildman–Crippen LogP) is 10.6. The standard InChI is InChI=1S/C49H57N7O2.C4H11N.C2H2/c1-7-29-56(48(57)33(4)35-17-12-10-13-18-35)32-44-50-31-43(51-44)37-25-23-36(24-26-37)39-27-28-41-40(30-39)21-16-22-42-45(41)53-47(52-42)34(5)54(6)49(58)46(55(8-2)9-3)38-19-14-11-15-20-38;1-3-5-4-2;1-2/h10-15,17-20,23-28,30-31,33-34,46H,7-9,16,21-22,29,32H2,1-6H3,(H,50,51)(H,52,53);5H,3-4H2,1-2H3;1-2H/t33-,34+,46-;;/m1../s1. The molecule has 2 heterocycles. The fourth-order valence-electron chi connectivity index (χ4n) is 8.56. The number of imidazole rings is 2. The van der Waals surface area contributed by atoms with Gasteiger partial charge in [0.25, 0.3) is 0 Å². The second-order valence-electron chi connectivity index (χ2n) is 16.5. The molecule has 4 aromatic carbocycles. The lowest BCUT2D eigenvalue weighted by Crippen LogP contribution is -2.42. The summed E-state index contributed by atoms with van der Waals surface area (Å²) in [6, 6.07) is 34.8. The van der Waals surface area contributed by atoms with Gasteiger partial charge in [0.2, 0.25) is 11.8 Å². The maximum Gasteiger partial charge on any atom is 0.244 e. The van der Waals surface area contributed by atoms with E-state index in [-0.39, 0.29) is 29.8 Å². The number of hydrogen-bond donors (Lipinski definition) is 3. The molecule has 0 spiro atoms. The molecule has 0 saturated heterocycles. The number of hydrogen-bond acceptors (Lipinski definition) is 6. The number of nitrogens with one attached hydrogen (secondary N) is 3. The van der Waals surface area contributed by atoms with E-state index < -0.39 is 0 Å². The highest BCUT2D eigenvalue weighted by Crippen LogP contribution is 2.36. The average Bonchev–Trinajstić information content (AvgIpc) is 3.97. The first-order valence-corrected chi connectivity index (χ1v) is 23.4. The molecule has 6 aromatic rings. The van der Waals surface area contributed by atoms with Crippen molar-refractivity contribution in [1.29, 1.82) is 0 Å². The molecule has 0 saturated carbocycles. The van der Waals surface area contributed by atoms with Crippen molar-refractivity contribution in [2.24, 2.45) is 0 Å². The summed E-state index contributed by atoms with van der Waals surface area (Å²) in [5.41, 5.74) is 10.9. The summed E-state index contributed by atoms with van der Waals surface area (Å²) in [5, 5.41) is 3.11. The van der Waals surface area contributed by atoms with Gasteiger partial charge < -0.3 is 25.1 Å². The Morgan fingerprint density at radius 1 is 0.754 bits per heavy atom. The highest BCUT2D eigenvalue weighted by Gasteiger charge is 2.32. The minimum absolute atomic E-state index is 0.0670. The van der Waals surface area contributed by atoms with Crippen molar-refractivity contribution in [1.82, 2.24) is 40.0 Å². The molecule has 10 heteroatoms. The summed E-state index contributed by atoms with van der Waals surface area (Å²) >= 11 is 0. The number of amides is 2. The molecule has 2 amide bonds. The van der Waals surface area contributed by atoms with Crippen molar-refractivity contribution < 1.29 is 9.59 Å². The van der Waals surface area contributed by atoms with Crippen LogP contribution in [-0.2, 0) is 29.0 Å². The summed E-state index contributed by atoms with van der Waals surface area (Å²) in [4.78, 5) is 50.6. The van der Waals surface area contributed by atoms with E-state index in [4.69, 9.17) is 4.98 Å². The van der Waals surface area contributed by atoms with Gasteiger partial charge in [0.1, 0.15) is 17.7 Å². The van der Waals surface area contributed by atoms with Gasteiger partial charge in [-0.25, -0.2) is 9.97 Å². The zero-order chi connectivity index (χ0) is 46.9. The van der Waals surface area contributed by atoms with Crippen molar-refractivity contribution in [3.05, 3.63) is 143 Å². The van der Waals surface area contributed by atoms with Crippen molar-refractivity contribution in [2.75, 3.05) is 39.8 Å². The minimum atomic E-state index is -0.352. The molecular formula is C55H70N8O2. The van der Waals surface area contributed by atoms with Crippen LogP contribution in [0.5, 0.6) is 0 Å². The zero-order valence-corrected chi connectivity index (χ0v) is 39.9. The van der Waals surface area contributed by atoms with Gasteiger partial charge in [-0.05, 0) is 99.1 Å². The zero-order valence-electron chi connectivity index (χ0n) is 39.9. The highest BCUT2D eigenvalue weighted by molar-refractivity contribution is 5.84. The number of carbonyl (C=O) groups excluding carboxylic acids is 2. The van der Waals surface area contributed by atoms with E-state index in [0.29, 0.717) is 13.1 Å². The van der Waals surface area contributed by atoms with E-state index in [1.165, 1.54) is 5.56 Å². The number of fused-ring (bicyclic) bond motifs is 3. The van der Waals surface area contributed by atoms with Crippen LogP contribution >= 0.6 is 0 Å². The van der Waals surface area contributed by atoms with Gasteiger partial charge >= 0.3 is 0 Å². The van der Waals surface area contributed by atoms with Crippen LogP contribution in [0.4, 0.5) is 0 Å². The fraction of sp³-hybridized carbons (Fsp3) is 0.382. The van der Waals surface area contributed by atoms with Crippen LogP contribution in [-0.4, -0.2) is 86.2 Å². The van der Waals surface area contributed by atoms with Gasteiger partial charge in [-0.3, -0.25) is 14.5 Å². The third kappa shape index (κ3) is 12.3. The number of aryl methyl sites for hydroxylation is 2. The Balaban J connectivity index is 0.00000106. The molecule has 0 unspecified atom stereocenters. The van der Waals surface area contributed by atoms with E-state index in [9.17, 15) is 9.59 Å². The Bertz CT molecular complexity index is 2400. The normalized spacial score (nSPS) is 13.1. The van der Waals surface area contributed by atoms with Crippen LogP contribution in [0.25, 0.3) is 33.6 Å². The molecule has 342 valence electrons. The Morgan fingerprint density at radius 3 is 1.97 bits per heavy atom. The van der Waals surface area contributed by atoms with Gasteiger partial charge in [0, 0.05) is 24.8 Å². The molecule has 3 N–H and O–H groups in total. The Labute approximate surface area is 388 Å². The van der Waals surface area contributed by atoms with Gasteiger partial charge in [0.05, 0.1) is 36.1 Å². The molecule has 3 atom stereocenters. The van der Waals surface area contributed by atoms with E-state index in [1.54, 1.807) is 0 Å². The van der Waals surface area contributed by atoms with E-state index in [1.807, 2.05) is 90.6 Å². The predicted molar refractivity (Wildman–Crippen MR) is 267 cm³/mol. The molecule has 1 aliphatic rings. The van der Waals surface area contributed by atoms with E-state index >= 15 is 0 Å². The van der Waals surface area contributed by atoms with Crippen LogP contribution in [0, 0.1) is 12.8 Å². The Hall–Kier alpha value is -6.28. The van der Waals surface area contributed by atoms with E-state index in [2.05, 4.69) is 122 Å². The maximum absolute atomic E-state index is 14.2. The summed E-state index contributed by atoms with van der Waals surface area (Å²) < 4.78 is 0. The lowest BCUT2D eigenvalue weighted by molar-refractivity contribution is -0.138. The smallest absolute Gasteiger partial charge is 0.244 e. The second kappa shape index (κ2) is 24.7. The largest absolute Gasteiger partial charge is 0.344 e. The van der Waals surface area contributed by atoms with Crippen LogP contribution in [0.15, 0.2) is 109 Å². The third-order valence-corrected chi connectivity index (χ3v) is 12.4. The average molecular weight is 875 g/mol. The van der Waals surface area contributed by atoms with Crippen LogP contribution in [0.3, 0.4) is 0 Å². The number of terminal acetylenes is 1. The summed E-state index contributed by atoms with van der Waals surface area (Å²) in [7, 11) is 1.90. The molecule has 10 nitrogen and oxygen atoms in total. The van der Waals surface area contributed by atoms with Crippen LogP contribution in [0.2, 0.25) is 0 Å². The number of likely N-dealkylation sites (N-methyl/N-ethyl adjacent to an activating group) is 2. The van der Waals surface area contributed by atoms with Crippen LogP contribution in [0.1, 0.15) is 113 Å². The van der Waals surface area contributed by atoms with Crippen molar-refractivity contribution in [2.45, 2.75) is 98.7 Å². The SMILES string of the molecule is C#C.CCCN(Cc1ncc(-c2ccc(-c3ccc4c(c3)CCCc3[nH]c([C@H](C)N(C)C(=O)[C@@H](c5ccccc5)N(CC)CC)nc3-4)cc2)[nH]1)C(=O)[C@H](C)c1ccccc1.CCNCC. The number of benzene rings is 4. The molecule has 0 radical (unpaired) electrons. The van der Waals surface area contributed by atoms with Crippen molar-refractivity contribution >= 4 is 11.8 Å². The fourth-order valence-corrected chi connectivity index (χ4v) is 8.56. The van der Waals surface area contributed by atoms with Crippen molar-refractivity contribution in [3.63, 3.8) is 0 Å². The molecule has 1 aliphatic carbocycles. The summed E-state index contributed by atoms with van der Waals surface area (Å²) in [5.74, 6) is 1.55. The number of aromatic amines is 2. The quantitative estimate of drug-likeness (QED) is 0.0787. The van der Waals surface area contributed by atoms with Crippen molar-refractivity contribution in [3.8, 4) is 46.5 Å². The number of aromatic nitrogens is 4. The molecule has 2 aromatic heterocycles. The van der Waals surface area contributed by atoms with Crippen LogP contribution < -0.4 is 5.32 Å². The highest BCUT2D eigenvalue weighted by atomic mass is 16.2. The van der Waals surface area contributed by atoms with Gasteiger partial charge in [-0.1, -0.05) is 138 Å². The monoisotopic (exact) mass is 875 g/mol. The first kappa shape index (κ1) is 49.7. The molecule has 0 fully saturated rings. The molecule has 0 bridgehead atoms. The number of carbonyl (C=O) groups is 2. The summed E-state index contributed by atoms with van der Waals surface area (Å²) in [6.07, 6.45) is 13.6. The third-order valence-electron chi connectivity index (χ3n) is 12.4. The maximum atomic E-state index is 14.2. The minimum Gasteiger partial charge on any atom is -0.344 e.